The maximum Gasteiger partial charge on any atom is 0.224 e. The molecular weight excluding hydrogens is 196 g/mol. The number of hydrogen-bond acceptors (Lipinski definition) is 3. The standard InChI is InChI=1S/C10H18N2O3/c1-7(13)4-5-8(14)12-6-10(2,3)9(11)15/h4-6H2,1-3H3,(H2,11,15)(H,12,14). The van der Waals surface area contributed by atoms with E-state index in [4.69, 9.17) is 5.73 Å². The first-order valence-corrected chi connectivity index (χ1v) is 4.82. The number of nitrogens with one attached hydrogen (secondary N) is 1. The van der Waals surface area contributed by atoms with Crippen LogP contribution in [0.5, 0.6) is 0 Å². The molecule has 5 nitrogen and oxygen atoms in total. The monoisotopic (exact) mass is 214 g/mol. The molecule has 3 N–H and O–H groups in total. The van der Waals surface area contributed by atoms with E-state index in [-0.39, 0.29) is 31.1 Å². The van der Waals surface area contributed by atoms with Crippen molar-refractivity contribution in [2.75, 3.05) is 6.54 Å². The van der Waals surface area contributed by atoms with Crippen LogP contribution in [0.4, 0.5) is 0 Å². The second kappa shape index (κ2) is 5.48. The first kappa shape index (κ1) is 13.6. The summed E-state index contributed by atoms with van der Waals surface area (Å²) < 4.78 is 0. The summed E-state index contributed by atoms with van der Waals surface area (Å²) >= 11 is 0. The van der Waals surface area contributed by atoms with Gasteiger partial charge in [-0.1, -0.05) is 0 Å². The van der Waals surface area contributed by atoms with E-state index >= 15 is 0 Å². The summed E-state index contributed by atoms with van der Waals surface area (Å²) in [7, 11) is 0. The van der Waals surface area contributed by atoms with Crippen LogP contribution >= 0.6 is 0 Å². The fraction of sp³-hybridized carbons (Fsp3) is 0.700. The van der Waals surface area contributed by atoms with E-state index in [1.54, 1.807) is 13.8 Å². The van der Waals surface area contributed by atoms with Crippen LogP contribution in [-0.4, -0.2) is 24.1 Å². The highest BCUT2D eigenvalue weighted by Gasteiger charge is 2.25. The zero-order valence-electron chi connectivity index (χ0n) is 9.42. The zero-order chi connectivity index (χ0) is 12.1. The quantitative estimate of drug-likeness (QED) is 0.651. The molecule has 0 aromatic rings. The summed E-state index contributed by atoms with van der Waals surface area (Å²) in [5.41, 5.74) is 4.38. The van der Waals surface area contributed by atoms with Gasteiger partial charge >= 0.3 is 0 Å². The smallest absolute Gasteiger partial charge is 0.224 e. The predicted octanol–water partition coefficient (Wildman–Crippen LogP) is -0.0167. The van der Waals surface area contributed by atoms with Crippen molar-refractivity contribution < 1.29 is 14.4 Å². The highest BCUT2D eigenvalue weighted by Crippen LogP contribution is 2.11. The van der Waals surface area contributed by atoms with E-state index in [1.807, 2.05) is 0 Å². The highest BCUT2D eigenvalue weighted by atomic mass is 16.2. The Kier molecular flexibility index (Phi) is 4.97. The van der Waals surface area contributed by atoms with Crippen LogP contribution in [0.1, 0.15) is 33.6 Å². The molecule has 0 aromatic heterocycles. The molecule has 0 atom stereocenters. The topological polar surface area (TPSA) is 89.3 Å². The third-order valence-corrected chi connectivity index (χ3v) is 2.10. The summed E-state index contributed by atoms with van der Waals surface area (Å²) in [6.45, 7) is 4.93. The molecule has 0 fully saturated rings. The number of rotatable bonds is 6. The van der Waals surface area contributed by atoms with Gasteiger partial charge < -0.3 is 15.8 Å². The van der Waals surface area contributed by atoms with Gasteiger partial charge in [-0.15, -0.1) is 0 Å². The van der Waals surface area contributed by atoms with Gasteiger partial charge in [-0.3, -0.25) is 9.59 Å². The largest absolute Gasteiger partial charge is 0.369 e. The molecule has 0 unspecified atom stereocenters. The molecule has 0 saturated heterocycles. The summed E-state index contributed by atoms with van der Waals surface area (Å²) in [6, 6.07) is 0. The molecule has 0 aliphatic carbocycles. The molecule has 15 heavy (non-hydrogen) atoms. The summed E-state index contributed by atoms with van der Waals surface area (Å²) in [5.74, 6) is -0.729. The minimum absolute atomic E-state index is 0.0284. The molecule has 86 valence electrons. The van der Waals surface area contributed by atoms with E-state index in [9.17, 15) is 14.4 Å². The van der Waals surface area contributed by atoms with Gasteiger partial charge in [0.15, 0.2) is 0 Å². The zero-order valence-corrected chi connectivity index (χ0v) is 9.42. The molecule has 0 aliphatic rings. The van der Waals surface area contributed by atoms with Crippen LogP contribution < -0.4 is 11.1 Å². The van der Waals surface area contributed by atoms with E-state index in [1.165, 1.54) is 6.92 Å². The number of Topliss-reactive ketones (excluding diaryl/α,β-unsaturated/α-hetero) is 1. The van der Waals surface area contributed by atoms with Crippen molar-refractivity contribution >= 4 is 17.6 Å². The van der Waals surface area contributed by atoms with Gasteiger partial charge in [0.05, 0.1) is 5.41 Å². The number of primary amides is 1. The number of ketones is 1. The molecule has 0 aromatic carbocycles. The lowest BCUT2D eigenvalue weighted by molar-refractivity contribution is -0.128. The first-order chi connectivity index (χ1) is 6.75. The summed E-state index contributed by atoms with van der Waals surface area (Å²) in [4.78, 5) is 32.7. The Hall–Kier alpha value is -1.39. The normalized spacial score (nSPS) is 10.9. The minimum Gasteiger partial charge on any atom is -0.369 e. The van der Waals surface area contributed by atoms with Crippen LogP contribution in [0.2, 0.25) is 0 Å². The summed E-state index contributed by atoms with van der Waals surface area (Å²) in [6.07, 6.45) is 0.382. The number of hydrogen-bond donors (Lipinski definition) is 2. The second-order valence-corrected chi connectivity index (χ2v) is 4.23. The second-order valence-electron chi connectivity index (χ2n) is 4.23. The van der Waals surface area contributed by atoms with Crippen LogP contribution in [-0.2, 0) is 14.4 Å². The Morgan fingerprint density at radius 2 is 1.73 bits per heavy atom. The maximum atomic E-state index is 11.2. The van der Waals surface area contributed by atoms with Crippen molar-refractivity contribution in [1.29, 1.82) is 0 Å². The molecule has 0 heterocycles. The molecule has 0 rings (SSSR count). The Morgan fingerprint density at radius 3 is 2.13 bits per heavy atom. The van der Waals surface area contributed by atoms with Crippen molar-refractivity contribution in [2.24, 2.45) is 11.1 Å². The lowest BCUT2D eigenvalue weighted by Crippen LogP contribution is -2.42. The Bertz CT molecular complexity index is 272. The van der Waals surface area contributed by atoms with Gasteiger partial charge in [0.1, 0.15) is 5.78 Å². The molecule has 0 aliphatic heterocycles. The van der Waals surface area contributed by atoms with E-state index < -0.39 is 11.3 Å². The third-order valence-electron chi connectivity index (χ3n) is 2.10. The van der Waals surface area contributed by atoms with Crippen molar-refractivity contribution in [3.8, 4) is 0 Å². The average Bonchev–Trinajstić information content (AvgIpc) is 2.11. The minimum atomic E-state index is -0.758. The van der Waals surface area contributed by atoms with Crippen LogP contribution in [0.25, 0.3) is 0 Å². The van der Waals surface area contributed by atoms with Crippen LogP contribution in [0.15, 0.2) is 0 Å². The van der Waals surface area contributed by atoms with Crippen molar-refractivity contribution in [2.45, 2.75) is 33.6 Å². The number of carbonyl (C=O) groups is 3. The Balaban J connectivity index is 3.90. The van der Waals surface area contributed by atoms with E-state index in [0.717, 1.165) is 0 Å². The highest BCUT2D eigenvalue weighted by molar-refractivity contribution is 5.84. The SMILES string of the molecule is CC(=O)CCC(=O)NCC(C)(C)C(N)=O. The first-order valence-electron chi connectivity index (χ1n) is 4.82. The molecule has 2 amide bonds. The van der Waals surface area contributed by atoms with E-state index in [2.05, 4.69) is 5.32 Å². The van der Waals surface area contributed by atoms with Gasteiger partial charge in [-0.25, -0.2) is 0 Å². The molecule has 0 spiro atoms. The van der Waals surface area contributed by atoms with Gasteiger partial charge in [0.2, 0.25) is 11.8 Å². The van der Waals surface area contributed by atoms with Gasteiger partial charge in [-0.05, 0) is 20.8 Å². The van der Waals surface area contributed by atoms with Crippen molar-refractivity contribution in [3.63, 3.8) is 0 Å². The molecule has 0 saturated carbocycles. The fourth-order valence-corrected chi connectivity index (χ4v) is 0.785. The molecule has 0 bridgehead atoms. The summed E-state index contributed by atoms with van der Waals surface area (Å²) in [5, 5.41) is 2.57. The lowest BCUT2D eigenvalue weighted by atomic mass is 9.93. The number of carbonyl (C=O) groups excluding carboxylic acids is 3. The molecular formula is C10H18N2O3. The van der Waals surface area contributed by atoms with Crippen molar-refractivity contribution in [1.82, 2.24) is 5.32 Å². The van der Waals surface area contributed by atoms with Gasteiger partial charge in [0, 0.05) is 19.4 Å². The molecule has 0 radical (unpaired) electrons. The Morgan fingerprint density at radius 1 is 1.20 bits per heavy atom. The van der Waals surface area contributed by atoms with E-state index in [0.29, 0.717) is 0 Å². The van der Waals surface area contributed by atoms with Crippen LogP contribution in [0, 0.1) is 5.41 Å². The Labute approximate surface area is 89.4 Å². The van der Waals surface area contributed by atoms with Gasteiger partial charge in [-0.2, -0.15) is 0 Å². The predicted molar refractivity (Wildman–Crippen MR) is 55.9 cm³/mol. The number of amides is 2. The molecule has 5 heteroatoms. The van der Waals surface area contributed by atoms with Crippen LogP contribution in [0.3, 0.4) is 0 Å². The number of nitrogens with two attached hydrogens (primary N) is 1. The lowest BCUT2D eigenvalue weighted by Gasteiger charge is -2.20. The maximum absolute atomic E-state index is 11.2. The van der Waals surface area contributed by atoms with Crippen molar-refractivity contribution in [3.05, 3.63) is 0 Å². The fourth-order valence-electron chi connectivity index (χ4n) is 0.785. The third kappa shape index (κ3) is 5.83. The average molecular weight is 214 g/mol. The van der Waals surface area contributed by atoms with Gasteiger partial charge in [0.25, 0.3) is 0 Å².